The molecule has 0 aliphatic rings. The molecule has 5 heteroatoms. The largest absolute Gasteiger partial charge is 0.460 e. The van der Waals surface area contributed by atoms with E-state index in [1.54, 1.807) is 32.9 Å². The third kappa shape index (κ3) is 4.86. The van der Waals surface area contributed by atoms with Gasteiger partial charge in [0.05, 0.1) is 6.42 Å². The number of halogens is 2. The van der Waals surface area contributed by atoms with Crippen molar-refractivity contribution in [3.8, 4) is 11.1 Å². The van der Waals surface area contributed by atoms with Crippen LogP contribution in [0.15, 0.2) is 42.5 Å². The molecule has 0 saturated carbocycles. The van der Waals surface area contributed by atoms with Gasteiger partial charge in [-0.15, -0.1) is 0 Å². The Morgan fingerprint density at radius 1 is 1.12 bits per heavy atom. The van der Waals surface area contributed by atoms with E-state index in [4.69, 9.17) is 10.5 Å². The highest BCUT2D eigenvalue weighted by atomic mass is 19.1. The Bertz CT molecular complexity index is 721. The molecule has 2 rings (SSSR count). The molecule has 0 amide bonds. The van der Waals surface area contributed by atoms with Gasteiger partial charge in [0.1, 0.15) is 17.2 Å². The summed E-state index contributed by atoms with van der Waals surface area (Å²) in [6, 6.07) is 9.45. The number of esters is 1. The summed E-state index contributed by atoms with van der Waals surface area (Å²) < 4.78 is 32.5. The zero-order valence-corrected chi connectivity index (χ0v) is 14.0. The molecule has 24 heavy (non-hydrogen) atoms. The van der Waals surface area contributed by atoms with Crippen molar-refractivity contribution < 1.29 is 18.3 Å². The number of hydrogen-bond acceptors (Lipinski definition) is 3. The third-order valence-electron chi connectivity index (χ3n) is 3.38. The first-order valence-corrected chi connectivity index (χ1v) is 7.68. The molecule has 0 aliphatic carbocycles. The van der Waals surface area contributed by atoms with Crippen LogP contribution in [0.5, 0.6) is 0 Å². The maximum Gasteiger partial charge on any atom is 0.308 e. The van der Waals surface area contributed by atoms with Crippen LogP contribution in [-0.4, -0.2) is 11.6 Å². The summed E-state index contributed by atoms with van der Waals surface area (Å²) in [4.78, 5) is 11.8. The number of nitrogens with two attached hydrogens (primary N) is 1. The first-order chi connectivity index (χ1) is 11.2. The summed E-state index contributed by atoms with van der Waals surface area (Å²) >= 11 is 0. The van der Waals surface area contributed by atoms with E-state index in [1.165, 1.54) is 30.3 Å². The second kappa shape index (κ2) is 7.09. The van der Waals surface area contributed by atoms with Gasteiger partial charge in [0.25, 0.3) is 0 Å². The fraction of sp³-hybridized carbons (Fsp3) is 0.316. The van der Waals surface area contributed by atoms with E-state index in [9.17, 15) is 13.6 Å². The number of benzene rings is 2. The van der Waals surface area contributed by atoms with Crippen molar-refractivity contribution in [3.63, 3.8) is 0 Å². The molecule has 1 atom stereocenters. The topological polar surface area (TPSA) is 52.3 Å². The molecule has 0 spiro atoms. The Kier molecular flexibility index (Phi) is 5.34. The lowest BCUT2D eigenvalue weighted by Crippen LogP contribution is -2.26. The van der Waals surface area contributed by atoms with Crippen LogP contribution < -0.4 is 5.73 Å². The van der Waals surface area contributed by atoms with Gasteiger partial charge in [-0.1, -0.05) is 24.3 Å². The van der Waals surface area contributed by atoms with Crippen LogP contribution >= 0.6 is 0 Å². The molecule has 128 valence electrons. The van der Waals surface area contributed by atoms with Crippen molar-refractivity contribution in [1.82, 2.24) is 0 Å². The highest BCUT2D eigenvalue weighted by molar-refractivity contribution is 5.71. The van der Waals surface area contributed by atoms with Crippen LogP contribution in [0.4, 0.5) is 8.78 Å². The van der Waals surface area contributed by atoms with Crippen molar-refractivity contribution in [3.05, 3.63) is 59.7 Å². The van der Waals surface area contributed by atoms with E-state index >= 15 is 0 Å². The van der Waals surface area contributed by atoms with E-state index in [1.807, 2.05) is 0 Å². The van der Waals surface area contributed by atoms with Gasteiger partial charge >= 0.3 is 5.97 Å². The molecule has 0 heterocycles. The minimum Gasteiger partial charge on any atom is -0.460 e. The number of hydrogen-bond donors (Lipinski definition) is 1. The van der Waals surface area contributed by atoms with Crippen molar-refractivity contribution in [2.75, 3.05) is 0 Å². The van der Waals surface area contributed by atoms with E-state index in [0.29, 0.717) is 16.7 Å². The smallest absolute Gasteiger partial charge is 0.308 e. The maximum absolute atomic E-state index is 14.3. The monoisotopic (exact) mass is 333 g/mol. The van der Waals surface area contributed by atoms with Gasteiger partial charge < -0.3 is 10.5 Å². The fourth-order valence-electron chi connectivity index (χ4n) is 2.31. The molecule has 2 N–H and O–H groups in total. The minimum absolute atomic E-state index is 0.0351. The molecule has 3 nitrogen and oxygen atoms in total. The summed E-state index contributed by atoms with van der Waals surface area (Å²) in [5, 5.41) is 0. The standard InChI is InChI=1S/C19H21F2NO2/c1-19(2,3)24-18(23)11-17(22)13-6-9-15(16(21)10-13)12-4-7-14(20)8-5-12/h4-10,17H,11,22H2,1-3H3. The highest BCUT2D eigenvalue weighted by Gasteiger charge is 2.20. The molecule has 0 radical (unpaired) electrons. The lowest BCUT2D eigenvalue weighted by molar-refractivity contribution is -0.155. The molecule has 0 fully saturated rings. The summed E-state index contributed by atoms with van der Waals surface area (Å²) in [6.07, 6.45) is -0.0351. The fourth-order valence-corrected chi connectivity index (χ4v) is 2.31. The summed E-state index contributed by atoms with van der Waals surface area (Å²) in [5.41, 5.74) is 6.81. The molecular formula is C19H21F2NO2. The SMILES string of the molecule is CC(C)(C)OC(=O)CC(N)c1ccc(-c2ccc(F)cc2)c(F)c1. The first kappa shape index (κ1) is 18.1. The van der Waals surface area contributed by atoms with Crippen LogP contribution in [0.1, 0.15) is 38.8 Å². The molecule has 0 saturated heterocycles. The Balaban J connectivity index is 2.14. The average molecular weight is 333 g/mol. The van der Waals surface area contributed by atoms with E-state index in [2.05, 4.69) is 0 Å². The Morgan fingerprint density at radius 2 is 1.75 bits per heavy atom. The highest BCUT2D eigenvalue weighted by Crippen LogP contribution is 2.26. The Labute approximate surface area is 140 Å². The molecular weight excluding hydrogens is 312 g/mol. The predicted octanol–water partition coefficient (Wildman–Crippen LogP) is 4.36. The molecule has 0 aromatic heterocycles. The van der Waals surface area contributed by atoms with Crippen LogP contribution in [0.3, 0.4) is 0 Å². The molecule has 0 bridgehead atoms. The van der Waals surface area contributed by atoms with Gasteiger partial charge in [0.2, 0.25) is 0 Å². The normalized spacial score (nSPS) is 12.8. The summed E-state index contributed by atoms with van der Waals surface area (Å²) in [7, 11) is 0. The van der Waals surface area contributed by atoms with Gasteiger partial charge in [-0.2, -0.15) is 0 Å². The van der Waals surface area contributed by atoms with Gasteiger partial charge in [-0.05, 0) is 50.1 Å². The van der Waals surface area contributed by atoms with Gasteiger partial charge in [-0.3, -0.25) is 4.79 Å². The van der Waals surface area contributed by atoms with Crippen molar-refractivity contribution in [2.45, 2.75) is 38.8 Å². The lowest BCUT2D eigenvalue weighted by Gasteiger charge is -2.21. The number of carbonyl (C=O) groups is 1. The predicted molar refractivity (Wildman–Crippen MR) is 89.2 cm³/mol. The van der Waals surface area contributed by atoms with E-state index in [0.717, 1.165) is 0 Å². The van der Waals surface area contributed by atoms with E-state index in [-0.39, 0.29) is 12.2 Å². The average Bonchev–Trinajstić information content (AvgIpc) is 2.46. The van der Waals surface area contributed by atoms with Crippen LogP contribution in [0.25, 0.3) is 11.1 Å². The second-order valence-electron chi connectivity index (χ2n) is 6.64. The molecule has 0 aliphatic heterocycles. The third-order valence-corrected chi connectivity index (χ3v) is 3.38. The zero-order chi connectivity index (χ0) is 17.9. The number of carbonyl (C=O) groups excluding carboxylic acids is 1. The first-order valence-electron chi connectivity index (χ1n) is 7.68. The molecule has 1 unspecified atom stereocenters. The van der Waals surface area contributed by atoms with Gasteiger partial charge in [0, 0.05) is 11.6 Å². The zero-order valence-electron chi connectivity index (χ0n) is 14.0. The Hall–Kier alpha value is -2.27. The molecule has 2 aromatic rings. The lowest BCUT2D eigenvalue weighted by atomic mass is 9.99. The summed E-state index contributed by atoms with van der Waals surface area (Å²) in [6.45, 7) is 5.31. The summed E-state index contributed by atoms with van der Waals surface area (Å²) in [5.74, 6) is -1.29. The van der Waals surface area contributed by atoms with Crippen molar-refractivity contribution in [2.24, 2.45) is 5.73 Å². The Morgan fingerprint density at radius 3 is 2.29 bits per heavy atom. The van der Waals surface area contributed by atoms with Gasteiger partial charge in [0.15, 0.2) is 0 Å². The number of ether oxygens (including phenoxy) is 1. The van der Waals surface area contributed by atoms with Crippen molar-refractivity contribution >= 4 is 5.97 Å². The van der Waals surface area contributed by atoms with Crippen LogP contribution in [-0.2, 0) is 9.53 Å². The quantitative estimate of drug-likeness (QED) is 0.846. The molecule has 2 aromatic carbocycles. The maximum atomic E-state index is 14.3. The van der Waals surface area contributed by atoms with Gasteiger partial charge in [-0.25, -0.2) is 8.78 Å². The van der Waals surface area contributed by atoms with Crippen molar-refractivity contribution in [1.29, 1.82) is 0 Å². The minimum atomic E-state index is -0.656. The van der Waals surface area contributed by atoms with Crippen LogP contribution in [0, 0.1) is 11.6 Å². The van der Waals surface area contributed by atoms with Crippen LogP contribution in [0.2, 0.25) is 0 Å². The van der Waals surface area contributed by atoms with E-state index < -0.39 is 23.4 Å². The second-order valence-corrected chi connectivity index (χ2v) is 6.64. The number of rotatable bonds is 4.